The Hall–Kier alpha value is -3.78. The van der Waals surface area contributed by atoms with Gasteiger partial charge in [-0.25, -0.2) is 4.98 Å². The lowest BCUT2D eigenvalue weighted by atomic mass is 10.1. The minimum atomic E-state index is -0.0522. The molecule has 3 aromatic heterocycles. The summed E-state index contributed by atoms with van der Waals surface area (Å²) in [6.45, 7) is 6.54. The number of hydrogen-bond acceptors (Lipinski definition) is 7. The van der Waals surface area contributed by atoms with Crippen LogP contribution >= 0.6 is 0 Å². The highest BCUT2D eigenvalue weighted by atomic mass is 16.5. The molecule has 0 fully saturated rings. The second-order valence-electron chi connectivity index (χ2n) is 8.09. The fourth-order valence-electron chi connectivity index (χ4n) is 3.66. The van der Waals surface area contributed by atoms with Crippen molar-refractivity contribution in [3.8, 4) is 39.7 Å². The first-order chi connectivity index (χ1) is 15.9. The number of ether oxygens (including phenoxy) is 1. The molecule has 0 spiro atoms. The standard InChI is InChI=1S/C25H27N5O3/c1-15(2)30-14-18(7-9-24(30)31)21-13-27-16(3)25(28-21)23-11-20(29-33-23)19-8-6-17(12-26-4)10-22(19)32-5/h6-11,13-15,26H,12H2,1-5H3. The van der Waals surface area contributed by atoms with Gasteiger partial charge in [0, 0.05) is 42.0 Å². The minimum absolute atomic E-state index is 0.0432. The van der Waals surface area contributed by atoms with E-state index >= 15 is 0 Å². The Morgan fingerprint density at radius 3 is 2.70 bits per heavy atom. The molecule has 0 unspecified atom stereocenters. The zero-order valence-corrected chi connectivity index (χ0v) is 19.4. The van der Waals surface area contributed by atoms with Crippen molar-refractivity contribution in [3.05, 3.63) is 70.4 Å². The summed E-state index contributed by atoms with van der Waals surface area (Å²) in [5, 5.41) is 7.39. The molecule has 8 nitrogen and oxygen atoms in total. The van der Waals surface area contributed by atoms with Gasteiger partial charge in [0.2, 0.25) is 0 Å². The molecule has 0 aliphatic heterocycles. The van der Waals surface area contributed by atoms with Crippen molar-refractivity contribution in [1.29, 1.82) is 0 Å². The van der Waals surface area contributed by atoms with Gasteiger partial charge in [-0.05, 0) is 51.6 Å². The fourth-order valence-corrected chi connectivity index (χ4v) is 3.66. The molecule has 0 aliphatic carbocycles. The molecule has 0 bridgehead atoms. The molecule has 8 heteroatoms. The third kappa shape index (κ3) is 4.56. The highest BCUT2D eigenvalue weighted by Gasteiger charge is 2.17. The van der Waals surface area contributed by atoms with E-state index in [4.69, 9.17) is 14.2 Å². The van der Waals surface area contributed by atoms with Crippen molar-refractivity contribution in [2.24, 2.45) is 0 Å². The van der Waals surface area contributed by atoms with E-state index in [2.05, 4.69) is 15.5 Å². The third-order valence-corrected chi connectivity index (χ3v) is 5.41. The predicted molar refractivity (Wildman–Crippen MR) is 127 cm³/mol. The van der Waals surface area contributed by atoms with Crippen LogP contribution in [0.2, 0.25) is 0 Å². The van der Waals surface area contributed by atoms with Gasteiger partial charge < -0.3 is 19.1 Å². The molecule has 4 rings (SSSR count). The summed E-state index contributed by atoms with van der Waals surface area (Å²) in [5.41, 5.74) is 5.31. The van der Waals surface area contributed by atoms with Crippen LogP contribution in [0.3, 0.4) is 0 Å². The summed E-state index contributed by atoms with van der Waals surface area (Å²) in [7, 11) is 3.54. The monoisotopic (exact) mass is 445 g/mol. The Labute approximate surface area is 192 Å². The Kier molecular flexibility index (Phi) is 6.37. The van der Waals surface area contributed by atoms with E-state index in [-0.39, 0.29) is 11.6 Å². The molecular weight excluding hydrogens is 418 g/mol. The second kappa shape index (κ2) is 9.38. The fraction of sp³-hybridized carbons (Fsp3) is 0.280. The van der Waals surface area contributed by atoms with E-state index in [1.54, 1.807) is 36.2 Å². The molecule has 0 aliphatic rings. The summed E-state index contributed by atoms with van der Waals surface area (Å²) in [6, 6.07) is 11.2. The summed E-state index contributed by atoms with van der Waals surface area (Å²) >= 11 is 0. The summed E-state index contributed by atoms with van der Waals surface area (Å²) in [4.78, 5) is 21.4. The van der Waals surface area contributed by atoms with Crippen LogP contribution in [0.1, 0.15) is 31.1 Å². The van der Waals surface area contributed by atoms with E-state index in [0.29, 0.717) is 22.8 Å². The van der Waals surface area contributed by atoms with Crippen molar-refractivity contribution in [2.75, 3.05) is 14.2 Å². The van der Waals surface area contributed by atoms with Crippen molar-refractivity contribution >= 4 is 0 Å². The van der Waals surface area contributed by atoms with E-state index < -0.39 is 0 Å². The molecule has 0 saturated heterocycles. The number of hydrogen-bond donors (Lipinski definition) is 1. The zero-order valence-electron chi connectivity index (χ0n) is 19.4. The van der Waals surface area contributed by atoms with Crippen LogP contribution in [0.5, 0.6) is 5.75 Å². The van der Waals surface area contributed by atoms with Gasteiger partial charge in [0.15, 0.2) is 5.76 Å². The van der Waals surface area contributed by atoms with Crippen molar-refractivity contribution < 1.29 is 9.26 Å². The van der Waals surface area contributed by atoms with Crippen molar-refractivity contribution in [2.45, 2.75) is 33.4 Å². The van der Waals surface area contributed by atoms with Crippen LogP contribution in [-0.2, 0) is 6.54 Å². The molecule has 1 N–H and O–H groups in total. The summed E-state index contributed by atoms with van der Waals surface area (Å²) in [6.07, 6.45) is 3.50. The summed E-state index contributed by atoms with van der Waals surface area (Å²) < 4.78 is 12.9. The number of benzene rings is 1. The van der Waals surface area contributed by atoms with Gasteiger partial charge in [-0.2, -0.15) is 0 Å². The molecule has 3 heterocycles. The van der Waals surface area contributed by atoms with Gasteiger partial charge in [0.05, 0.1) is 24.7 Å². The maximum Gasteiger partial charge on any atom is 0.250 e. The van der Waals surface area contributed by atoms with Crippen LogP contribution < -0.4 is 15.6 Å². The quantitative estimate of drug-likeness (QED) is 0.454. The second-order valence-corrected chi connectivity index (χ2v) is 8.09. The maximum absolute atomic E-state index is 12.1. The van der Waals surface area contributed by atoms with E-state index in [1.165, 1.54) is 0 Å². The smallest absolute Gasteiger partial charge is 0.250 e. The number of nitrogens with one attached hydrogen (secondary N) is 1. The topological polar surface area (TPSA) is 95.1 Å². The van der Waals surface area contributed by atoms with Crippen molar-refractivity contribution in [3.63, 3.8) is 0 Å². The normalized spacial score (nSPS) is 11.2. The van der Waals surface area contributed by atoms with E-state index in [1.807, 2.05) is 52.1 Å². The number of aromatic nitrogens is 4. The van der Waals surface area contributed by atoms with Gasteiger partial charge in [-0.3, -0.25) is 9.78 Å². The molecule has 0 saturated carbocycles. The number of aryl methyl sites for hydroxylation is 1. The largest absolute Gasteiger partial charge is 0.496 e. The highest BCUT2D eigenvalue weighted by Crippen LogP contribution is 2.33. The van der Waals surface area contributed by atoms with Crippen LogP contribution in [0, 0.1) is 6.92 Å². The first-order valence-corrected chi connectivity index (χ1v) is 10.8. The third-order valence-electron chi connectivity index (χ3n) is 5.41. The number of rotatable bonds is 7. The molecule has 0 atom stereocenters. The maximum atomic E-state index is 12.1. The van der Waals surface area contributed by atoms with E-state index in [0.717, 1.165) is 34.7 Å². The van der Waals surface area contributed by atoms with Crippen LogP contribution in [-0.4, -0.2) is 33.8 Å². The van der Waals surface area contributed by atoms with Gasteiger partial charge in [-0.15, -0.1) is 0 Å². The lowest BCUT2D eigenvalue weighted by Crippen LogP contribution is -2.20. The van der Waals surface area contributed by atoms with E-state index in [9.17, 15) is 4.79 Å². The van der Waals surface area contributed by atoms with Gasteiger partial charge in [-0.1, -0.05) is 11.2 Å². The average Bonchev–Trinajstić information content (AvgIpc) is 3.29. The Bertz CT molecular complexity index is 1340. The summed E-state index contributed by atoms with van der Waals surface area (Å²) in [5.74, 6) is 1.23. The van der Waals surface area contributed by atoms with Gasteiger partial charge in [0.25, 0.3) is 5.56 Å². The van der Waals surface area contributed by atoms with Gasteiger partial charge >= 0.3 is 0 Å². The minimum Gasteiger partial charge on any atom is -0.496 e. The van der Waals surface area contributed by atoms with Crippen LogP contribution in [0.4, 0.5) is 0 Å². The van der Waals surface area contributed by atoms with Crippen LogP contribution in [0.25, 0.3) is 34.0 Å². The number of nitrogens with zero attached hydrogens (tertiary/aromatic N) is 4. The predicted octanol–water partition coefficient (Wildman–Crippen LogP) is 4.24. The Balaban J connectivity index is 1.72. The Morgan fingerprint density at radius 1 is 1.15 bits per heavy atom. The first-order valence-electron chi connectivity index (χ1n) is 10.8. The first kappa shape index (κ1) is 22.4. The van der Waals surface area contributed by atoms with Crippen LogP contribution in [0.15, 0.2) is 58.1 Å². The lowest BCUT2D eigenvalue weighted by Gasteiger charge is -2.11. The SMILES string of the molecule is CNCc1ccc(-c2cc(-c3nc(-c4ccc(=O)n(C(C)C)c4)cnc3C)on2)c(OC)c1. The molecule has 0 amide bonds. The molecular formula is C25H27N5O3. The molecule has 1 aromatic carbocycles. The molecule has 0 radical (unpaired) electrons. The molecule has 33 heavy (non-hydrogen) atoms. The highest BCUT2D eigenvalue weighted by molar-refractivity contribution is 5.72. The lowest BCUT2D eigenvalue weighted by molar-refractivity contribution is 0.413. The molecule has 4 aromatic rings. The number of methoxy groups -OCH3 is 1. The Morgan fingerprint density at radius 2 is 1.97 bits per heavy atom. The number of pyridine rings is 1. The van der Waals surface area contributed by atoms with Gasteiger partial charge in [0.1, 0.15) is 17.1 Å². The molecule has 170 valence electrons. The zero-order chi connectivity index (χ0) is 23.5. The van der Waals surface area contributed by atoms with Crippen molar-refractivity contribution in [1.82, 2.24) is 25.0 Å². The average molecular weight is 446 g/mol.